The second-order valence-corrected chi connectivity index (χ2v) is 29.9. The van der Waals surface area contributed by atoms with Gasteiger partial charge in [-0.1, -0.05) is 76.1 Å². The Kier molecular flexibility index (Phi) is 36.9. The number of imidazole rings is 1. The van der Waals surface area contributed by atoms with Gasteiger partial charge in [0.1, 0.15) is 84.9 Å². The number of unbranched alkanes of at least 4 members (excludes halogenated alkanes) is 2. The zero-order chi connectivity index (χ0) is 84.4. The van der Waals surface area contributed by atoms with Crippen LogP contribution in [0.2, 0.25) is 0 Å². The fraction of sp³-hybridized carbons (Fsp3) is 0.597. The second-order valence-electron chi connectivity index (χ2n) is 29.9. The number of carboxylic acids is 1. The number of nitrogens with two attached hydrogens (primary N) is 5. The highest BCUT2D eigenvalue weighted by atomic mass is 16.5. The molecule has 0 bridgehead atoms. The van der Waals surface area contributed by atoms with E-state index in [1.807, 2.05) is 37.3 Å². The fourth-order valence-electron chi connectivity index (χ4n) is 14.3. The van der Waals surface area contributed by atoms with Gasteiger partial charge in [-0.15, -0.1) is 0 Å². The Balaban J connectivity index is 0.974. The lowest BCUT2D eigenvalue weighted by atomic mass is 10.0. The Bertz CT molecular complexity index is 3900. The zero-order valence-corrected chi connectivity index (χ0v) is 66.2. The molecule has 39 heteroatoms. The molecule has 0 saturated carbocycles. The molecule has 4 aliphatic rings. The van der Waals surface area contributed by atoms with Crippen molar-refractivity contribution in [1.29, 1.82) is 0 Å². The van der Waals surface area contributed by atoms with E-state index in [2.05, 4.69) is 73.1 Å². The molecule has 12 atom stereocenters. The molecular formula is C77H116N22O17. The third-order valence-corrected chi connectivity index (χ3v) is 20.4. The van der Waals surface area contributed by atoms with Crippen molar-refractivity contribution in [3.05, 3.63) is 83.9 Å². The first-order valence-corrected chi connectivity index (χ1v) is 39.9. The standard InChI is InChI=1S/C77H116N22O17/c1-4-5-21-53(73(112)99-35-16-27-61(99)72(111)95-57(75(114)115)38-47-19-11-20-49(37-47)116-43-46-17-7-6-8-18-46)92-70(109)59-25-14-33-97(59)63(102)41-86-64(103)50(22-9-10-30-78)89-68(107)56(39-48-40-83-44-87-48)94-69(108)58(42-100)96-67(106)55(36-45(2)3)93-65(104)51(23-12-31-84-76(79)80)90-71(110)60-26-15-34-98(60)74(113)54(24-13-32-85-77(81)82)91-66(105)52-28-29-62(101)88-52/h6-8,11,17-20,37,40,44-45,50-61,100H,4-5,9-10,12-16,21-36,38-39,41-43,78H2,1-3H3,(H,83,87)(H,86,103)(H,88,101)(H,89,107)(H,90,110)(H,91,105)(H,92,109)(H,93,104)(H,94,108)(H,95,111)(H,96,106)(H,114,115)(H4,79,80,84)(H4,81,82,85)/t50-,51-,52-,53-,54-,55-,56-,57+,58-,59-,60-,61-/m0/s1. The molecule has 23 N–H and O–H groups in total. The number of hydrogen-bond acceptors (Lipinski definition) is 20. The van der Waals surface area contributed by atoms with Crippen LogP contribution in [0.3, 0.4) is 0 Å². The maximum atomic E-state index is 14.6. The molecule has 4 saturated heterocycles. The number of ether oxygens (including phenoxy) is 1. The number of carboxylic acid groups (broad SMARTS) is 1. The predicted octanol–water partition coefficient (Wildman–Crippen LogP) is -3.43. The summed E-state index contributed by atoms with van der Waals surface area (Å²) in [6.45, 7) is 4.72. The Morgan fingerprint density at radius 2 is 1.08 bits per heavy atom. The van der Waals surface area contributed by atoms with Crippen molar-refractivity contribution in [2.24, 2.45) is 44.6 Å². The number of nitrogens with zero attached hydrogens (tertiary/aromatic N) is 6. The molecule has 1 aromatic heterocycles. The monoisotopic (exact) mass is 1620 g/mol. The minimum atomic E-state index is -1.78. The van der Waals surface area contributed by atoms with E-state index in [9.17, 15) is 77.3 Å². The average molecular weight is 1620 g/mol. The van der Waals surface area contributed by atoms with Gasteiger partial charge in [-0.05, 0) is 138 Å². The van der Waals surface area contributed by atoms with Crippen molar-refractivity contribution < 1.29 is 82.1 Å². The molecular weight excluding hydrogens is 1500 g/mol. The molecule has 39 nitrogen and oxygen atoms in total. The molecule has 5 heterocycles. The van der Waals surface area contributed by atoms with Crippen LogP contribution >= 0.6 is 0 Å². The number of aliphatic imine (C=N–C) groups is 2. The predicted molar refractivity (Wildman–Crippen MR) is 423 cm³/mol. The minimum absolute atomic E-state index is 0.0116. The molecule has 0 unspecified atom stereocenters. The molecule has 636 valence electrons. The smallest absolute Gasteiger partial charge is 0.326 e. The van der Waals surface area contributed by atoms with Crippen LogP contribution in [0.25, 0.3) is 0 Å². The molecule has 0 spiro atoms. The van der Waals surface area contributed by atoms with E-state index in [1.54, 1.807) is 38.1 Å². The van der Waals surface area contributed by atoms with Crippen molar-refractivity contribution in [2.45, 2.75) is 235 Å². The van der Waals surface area contributed by atoms with Crippen molar-refractivity contribution in [3.63, 3.8) is 0 Å². The number of likely N-dealkylation sites (tertiary alicyclic amines) is 3. The number of aromatic nitrogens is 2. The number of aliphatic carboxylic acids is 1. The molecule has 13 amide bonds. The largest absolute Gasteiger partial charge is 0.489 e. The van der Waals surface area contributed by atoms with Gasteiger partial charge in [-0.2, -0.15) is 0 Å². The van der Waals surface area contributed by atoms with Gasteiger partial charge in [0.05, 0.1) is 19.5 Å². The van der Waals surface area contributed by atoms with Crippen LogP contribution in [-0.2, 0) is 86.6 Å². The first-order chi connectivity index (χ1) is 55.6. The summed E-state index contributed by atoms with van der Waals surface area (Å²) in [5.74, 6) is -10.9. The van der Waals surface area contributed by atoms with E-state index in [0.717, 1.165) is 5.56 Å². The van der Waals surface area contributed by atoms with Crippen LogP contribution in [0.4, 0.5) is 0 Å². The van der Waals surface area contributed by atoms with Gasteiger partial charge in [0.15, 0.2) is 11.9 Å². The number of amides is 13. The first kappa shape index (κ1) is 91.7. The summed E-state index contributed by atoms with van der Waals surface area (Å²) in [4.78, 5) is 215. The molecule has 4 aliphatic heterocycles. The highest BCUT2D eigenvalue weighted by Gasteiger charge is 2.44. The fourth-order valence-corrected chi connectivity index (χ4v) is 14.3. The van der Waals surface area contributed by atoms with Gasteiger partial charge in [0.2, 0.25) is 76.8 Å². The summed E-state index contributed by atoms with van der Waals surface area (Å²) in [6.07, 6.45) is 6.73. The molecule has 0 aliphatic carbocycles. The summed E-state index contributed by atoms with van der Waals surface area (Å²) < 4.78 is 5.94. The number of aliphatic hydroxyl groups is 1. The van der Waals surface area contributed by atoms with Gasteiger partial charge >= 0.3 is 5.97 Å². The van der Waals surface area contributed by atoms with Gasteiger partial charge in [0.25, 0.3) is 0 Å². The van der Waals surface area contributed by atoms with Gasteiger partial charge in [-0.25, -0.2) is 9.78 Å². The van der Waals surface area contributed by atoms with E-state index in [-0.39, 0.29) is 160 Å². The molecule has 3 aromatic rings. The van der Waals surface area contributed by atoms with E-state index in [1.165, 1.54) is 27.2 Å². The summed E-state index contributed by atoms with van der Waals surface area (Å²) in [6, 6.07) is 1.12. The summed E-state index contributed by atoms with van der Waals surface area (Å²) in [7, 11) is 0. The van der Waals surface area contributed by atoms with Gasteiger partial charge in [-0.3, -0.25) is 72.3 Å². The topological polar surface area (TPSA) is 602 Å². The third kappa shape index (κ3) is 28.8. The van der Waals surface area contributed by atoms with Crippen molar-refractivity contribution in [1.82, 2.24) is 77.8 Å². The number of carbonyl (C=O) groups excluding carboxylic acids is 13. The Hall–Kier alpha value is -11.5. The first-order valence-electron chi connectivity index (χ1n) is 39.9. The maximum absolute atomic E-state index is 14.6. The second kappa shape index (κ2) is 46.7. The summed E-state index contributed by atoms with van der Waals surface area (Å²) >= 11 is 0. The van der Waals surface area contributed by atoms with E-state index in [0.29, 0.717) is 62.0 Å². The van der Waals surface area contributed by atoms with E-state index >= 15 is 0 Å². The van der Waals surface area contributed by atoms with Crippen molar-refractivity contribution in [3.8, 4) is 5.75 Å². The molecule has 0 radical (unpaired) electrons. The maximum Gasteiger partial charge on any atom is 0.326 e. The quantitative estimate of drug-likeness (QED) is 0.0149. The lowest BCUT2D eigenvalue weighted by Gasteiger charge is -2.31. The number of rotatable bonds is 47. The van der Waals surface area contributed by atoms with Crippen LogP contribution in [0.1, 0.15) is 160 Å². The number of nitrogens with one attached hydrogen (secondary N) is 11. The highest BCUT2D eigenvalue weighted by molar-refractivity contribution is 6.00. The number of guanidine groups is 2. The SMILES string of the molecule is CCCC[C@H](NC(=O)[C@@H]1CCCN1C(=O)CNC(=O)[C@H](CCCCN)NC(=O)[C@H](Cc1cnc[nH]1)NC(=O)[C@H](CO)NC(=O)[C@H](CC(C)C)NC(=O)[C@H](CCCN=C(N)N)NC(=O)[C@@H]1CCCN1C(=O)[C@H](CCCN=C(N)N)NC(=O)[C@@H]1CCC(=O)N1)C(=O)N1CCC[C@H]1C(=O)N[C@H](Cc1cccc(OCc2ccccc2)c1)C(=O)O. The molecule has 2 aromatic carbocycles. The lowest BCUT2D eigenvalue weighted by molar-refractivity contribution is -0.145. The number of benzene rings is 2. The summed E-state index contributed by atoms with van der Waals surface area (Å²) in [5, 5.41) is 47.5. The Labute approximate surface area is 673 Å². The highest BCUT2D eigenvalue weighted by Crippen LogP contribution is 2.26. The Morgan fingerprint density at radius 1 is 0.569 bits per heavy atom. The van der Waals surface area contributed by atoms with Crippen LogP contribution in [0.5, 0.6) is 5.75 Å². The van der Waals surface area contributed by atoms with Crippen LogP contribution < -0.4 is 86.6 Å². The van der Waals surface area contributed by atoms with Crippen molar-refractivity contribution in [2.75, 3.05) is 52.4 Å². The Morgan fingerprint density at radius 3 is 1.64 bits per heavy atom. The third-order valence-electron chi connectivity index (χ3n) is 20.4. The van der Waals surface area contributed by atoms with E-state index in [4.69, 9.17) is 33.4 Å². The minimum Gasteiger partial charge on any atom is -0.489 e. The number of aliphatic hydroxyl groups excluding tert-OH is 1. The number of carbonyl (C=O) groups is 14. The van der Waals surface area contributed by atoms with Gasteiger partial charge < -0.3 is 116 Å². The molecule has 4 fully saturated rings. The number of hydrogen-bond donors (Lipinski definition) is 18. The van der Waals surface area contributed by atoms with E-state index < -0.39 is 163 Å². The van der Waals surface area contributed by atoms with Crippen LogP contribution in [0.15, 0.2) is 77.1 Å². The normalized spacial score (nSPS) is 18.4. The lowest BCUT2D eigenvalue weighted by Crippen LogP contribution is -2.61. The van der Waals surface area contributed by atoms with Crippen molar-refractivity contribution >= 4 is 94.7 Å². The van der Waals surface area contributed by atoms with Gasteiger partial charge in [0, 0.05) is 63.9 Å². The molecule has 116 heavy (non-hydrogen) atoms. The van der Waals surface area contributed by atoms with Crippen LogP contribution in [-0.4, -0.2) is 254 Å². The zero-order valence-electron chi connectivity index (χ0n) is 66.2. The molecule has 7 rings (SSSR count). The number of aromatic amines is 1. The number of H-pyrrole nitrogens is 1. The summed E-state index contributed by atoms with van der Waals surface area (Å²) in [5.41, 5.74) is 29.9. The average Bonchev–Trinajstić information content (AvgIpc) is 1.65. The van der Waals surface area contributed by atoms with Crippen LogP contribution in [0, 0.1) is 5.92 Å².